The summed E-state index contributed by atoms with van der Waals surface area (Å²) in [5.74, 6) is 0. The molecule has 0 atom stereocenters. The number of carbonyl (C=O) groups excluding carboxylic acids is 1. The lowest BCUT2D eigenvalue weighted by molar-refractivity contribution is 0.0224. The highest BCUT2D eigenvalue weighted by Crippen LogP contribution is 2.34. The van der Waals surface area contributed by atoms with Crippen molar-refractivity contribution in [3.05, 3.63) is 58.6 Å². The van der Waals surface area contributed by atoms with Crippen molar-refractivity contribution >= 4 is 17.7 Å². The fourth-order valence-corrected chi connectivity index (χ4v) is 3.23. The second-order valence-electron chi connectivity index (χ2n) is 7.07. The molecule has 0 spiro atoms. The highest BCUT2D eigenvalue weighted by atomic mass is 35.5. The van der Waals surface area contributed by atoms with E-state index in [-0.39, 0.29) is 6.09 Å². The van der Waals surface area contributed by atoms with E-state index in [1.54, 1.807) is 4.90 Å². The summed E-state index contributed by atoms with van der Waals surface area (Å²) >= 11 is 6.38. The standard InChI is InChI=1S/C20H22ClNO2/c1-20(2,3)24-19(23)22-12-11-14-7-6-9-15(17(14)13-22)16-8-4-5-10-18(16)21/h4-10H,11-13H2,1-3H3. The minimum absolute atomic E-state index is 0.262. The van der Waals surface area contributed by atoms with Gasteiger partial charge in [-0.05, 0) is 49.9 Å². The van der Waals surface area contributed by atoms with Crippen LogP contribution in [0.2, 0.25) is 5.02 Å². The Morgan fingerprint density at radius 1 is 1.08 bits per heavy atom. The van der Waals surface area contributed by atoms with Crippen molar-refractivity contribution in [2.75, 3.05) is 6.54 Å². The summed E-state index contributed by atoms with van der Waals surface area (Å²) in [5.41, 5.74) is 4.03. The van der Waals surface area contributed by atoms with Crippen molar-refractivity contribution in [3.63, 3.8) is 0 Å². The molecule has 126 valence electrons. The van der Waals surface area contributed by atoms with Crippen molar-refractivity contribution in [1.82, 2.24) is 4.90 Å². The summed E-state index contributed by atoms with van der Waals surface area (Å²) in [6.07, 6.45) is 0.564. The molecule has 0 bridgehead atoms. The largest absolute Gasteiger partial charge is 0.444 e. The molecule has 1 amide bonds. The zero-order chi connectivity index (χ0) is 17.3. The molecule has 0 saturated heterocycles. The van der Waals surface area contributed by atoms with Gasteiger partial charge in [-0.25, -0.2) is 4.79 Å². The number of hydrogen-bond acceptors (Lipinski definition) is 2. The average molecular weight is 344 g/mol. The van der Waals surface area contributed by atoms with E-state index >= 15 is 0 Å². The van der Waals surface area contributed by atoms with Gasteiger partial charge in [0.05, 0.1) is 0 Å². The van der Waals surface area contributed by atoms with Crippen LogP contribution in [0.25, 0.3) is 11.1 Å². The first kappa shape index (κ1) is 16.8. The van der Waals surface area contributed by atoms with Crippen LogP contribution >= 0.6 is 11.6 Å². The van der Waals surface area contributed by atoms with E-state index in [2.05, 4.69) is 18.2 Å². The Hall–Kier alpha value is -2.00. The molecule has 1 heterocycles. The smallest absolute Gasteiger partial charge is 0.410 e. The lowest BCUT2D eigenvalue weighted by Crippen LogP contribution is -2.40. The topological polar surface area (TPSA) is 29.5 Å². The van der Waals surface area contributed by atoms with Crippen LogP contribution in [-0.4, -0.2) is 23.1 Å². The Kier molecular flexibility index (Phi) is 4.55. The number of ether oxygens (including phenoxy) is 1. The summed E-state index contributed by atoms with van der Waals surface area (Å²) in [6.45, 7) is 6.88. The van der Waals surface area contributed by atoms with Gasteiger partial charge in [0.25, 0.3) is 0 Å². The van der Waals surface area contributed by atoms with E-state index < -0.39 is 5.60 Å². The lowest BCUT2D eigenvalue weighted by Gasteiger charge is -2.32. The summed E-state index contributed by atoms with van der Waals surface area (Å²) in [5, 5.41) is 0.722. The third-order valence-electron chi connectivity index (χ3n) is 4.09. The molecule has 0 unspecified atom stereocenters. The molecule has 0 fully saturated rings. The number of nitrogens with zero attached hydrogens (tertiary/aromatic N) is 1. The van der Waals surface area contributed by atoms with Crippen molar-refractivity contribution < 1.29 is 9.53 Å². The second-order valence-corrected chi connectivity index (χ2v) is 7.48. The summed E-state index contributed by atoms with van der Waals surface area (Å²) in [6, 6.07) is 14.1. The molecule has 3 nitrogen and oxygen atoms in total. The van der Waals surface area contributed by atoms with Gasteiger partial charge >= 0.3 is 6.09 Å². The molecule has 0 N–H and O–H groups in total. The van der Waals surface area contributed by atoms with E-state index in [4.69, 9.17) is 16.3 Å². The zero-order valence-corrected chi connectivity index (χ0v) is 15.1. The number of fused-ring (bicyclic) bond motifs is 1. The van der Waals surface area contributed by atoms with Crippen LogP contribution in [0, 0.1) is 0 Å². The molecule has 0 radical (unpaired) electrons. The van der Waals surface area contributed by atoms with Gasteiger partial charge in [-0.3, -0.25) is 0 Å². The molecule has 1 aliphatic rings. The van der Waals surface area contributed by atoms with Crippen molar-refractivity contribution in [3.8, 4) is 11.1 Å². The number of benzene rings is 2. The number of carbonyl (C=O) groups is 1. The average Bonchev–Trinajstić information content (AvgIpc) is 2.53. The van der Waals surface area contributed by atoms with Crippen molar-refractivity contribution in [2.45, 2.75) is 39.3 Å². The van der Waals surface area contributed by atoms with Crippen molar-refractivity contribution in [2.24, 2.45) is 0 Å². The highest BCUT2D eigenvalue weighted by Gasteiger charge is 2.27. The quantitative estimate of drug-likeness (QED) is 0.703. The van der Waals surface area contributed by atoms with E-state index in [1.165, 1.54) is 5.56 Å². The molecule has 1 aliphatic heterocycles. The lowest BCUT2D eigenvalue weighted by atomic mass is 9.91. The summed E-state index contributed by atoms with van der Waals surface area (Å²) < 4.78 is 5.52. The fourth-order valence-electron chi connectivity index (χ4n) is 3.00. The molecule has 3 rings (SSSR count). The van der Waals surface area contributed by atoms with Crippen LogP contribution in [0.1, 0.15) is 31.9 Å². The number of rotatable bonds is 1. The van der Waals surface area contributed by atoms with E-state index in [0.717, 1.165) is 28.1 Å². The van der Waals surface area contributed by atoms with Crippen LogP contribution in [0.4, 0.5) is 4.79 Å². The molecule has 0 aliphatic carbocycles. The van der Waals surface area contributed by atoms with Gasteiger partial charge in [0.2, 0.25) is 0 Å². The first-order valence-electron chi connectivity index (χ1n) is 8.19. The van der Waals surface area contributed by atoms with Gasteiger partial charge in [0.1, 0.15) is 5.60 Å². The maximum absolute atomic E-state index is 12.4. The molecule has 4 heteroatoms. The minimum atomic E-state index is -0.486. The van der Waals surface area contributed by atoms with Crippen LogP contribution in [-0.2, 0) is 17.7 Å². The Bertz CT molecular complexity index is 764. The minimum Gasteiger partial charge on any atom is -0.444 e. The molecule has 2 aromatic carbocycles. The van der Waals surface area contributed by atoms with Gasteiger partial charge in [-0.15, -0.1) is 0 Å². The normalized spacial score (nSPS) is 14.2. The van der Waals surface area contributed by atoms with Crippen molar-refractivity contribution in [1.29, 1.82) is 0 Å². The Labute approximate surface area is 148 Å². The maximum atomic E-state index is 12.4. The first-order chi connectivity index (χ1) is 11.3. The molecule has 0 aromatic heterocycles. The van der Waals surface area contributed by atoms with Gasteiger partial charge in [0.15, 0.2) is 0 Å². The van der Waals surface area contributed by atoms with Crippen LogP contribution in [0.5, 0.6) is 0 Å². The fraction of sp³-hybridized carbons (Fsp3) is 0.350. The first-order valence-corrected chi connectivity index (χ1v) is 8.56. The molecule has 0 saturated carbocycles. The Morgan fingerprint density at radius 2 is 1.79 bits per heavy atom. The Morgan fingerprint density at radius 3 is 2.50 bits per heavy atom. The monoisotopic (exact) mass is 343 g/mol. The van der Waals surface area contributed by atoms with E-state index in [0.29, 0.717) is 13.1 Å². The summed E-state index contributed by atoms with van der Waals surface area (Å²) in [4.78, 5) is 14.2. The molecule has 2 aromatic rings. The van der Waals surface area contributed by atoms with Crippen LogP contribution in [0.15, 0.2) is 42.5 Å². The predicted octanol–water partition coefficient (Wildman–Crippen LogP) is 5.30. The third kappa shape index (κ3) is 3.57. The number of amides is 1. The Balaban J connectivity index is 1.93. The van der Waals surface area contributed by atoms with Gasteiger partial charge in [-0.2, -0.15) is 0 Å². The molecular weight excluding hydrogens is 322 g/mol. The molecule has 24 heavy (non-hydrogen) atoms. The number of hydrogen-bond donors (Lipinski definition) is 0. The number of halogens is 1. The SMILES string of the molecule is CC(C)(C)OC(=O)N1CCc2cccc(-c3ccccc3Cl)c2C1. The van der Waals surface area contributed by atoms with Gasteiger partial charge < -0.3 is 9.64 Å². The highest BCUT2D eigenvalue weighted by molar-refractivity contribution is 6.33. The van der Waals surface area contributed by atoms with Crippen LogP contribution in [0.3, 0.4) is 0 Å². The predicted molar refractivity (Wildman–Crippen MR) is 97.2 cm³/mol. The van der Waals surface area contributed by atoms with E-state index in [9.17, 15) is 4.79 Å². The zero-order valence-electron chi connectivity index (χ0n) is 14.3. The van der Waals surface area contributed by atoms with Gasteiger partial charge in [-0.1, -0.05) is 48.0 Å². The maximum Gasteiger partial charge on any atom is 0.410 e. The second kappa shape index (κ2) is 6.48. The van der Waals surface area contributed by atoms with Gasteiger partial charge in [0, 0.05) is 23.7 Å². The third-order valence-corrected chi connectivity index (χ3v) is 4.42. The molecular formula is C20H22ClNO2. The van der Waals surface area contributed by atoms with Crippen LogP contribution < -0.4 is 0 Å². The van der Waals surface area contributed by atoms with E-state index in [1.807, 2.05) is 45.0 Å². The summed E-state index contributed by atoms with van der Waals surface area (Å²) in [7, 11) is 0.